The van der Waals surface area contributed by atoms with Gasteiger partial charge in [0.25, 0.3) is 0 Å². The summed E-state index contributed by atoms with van der Waals surface area (Å²) in [5.41, 5.74) is 0.369. The van der Waals surface area contributed by atoms with Crippen molar-refractivity contribution >= 4 is 27.8 Å². The van der Waals surface area contributed by atoms with Crippen molar-refractivity contribution in [2.75, 3.05) is 12.4 Å². The van der Waals surface area contributed by atoms with Gasteiger partial charge in [0, 0.05) is 5.69 Å². The van der Waals surface area contributed by atoms with Crippen molar-refractivity contribution in [3.05, 3.63) is 29.8 Å². The fraction of sp³-hybridized carbons (Fsp3) is 0.556. The smallest absolute Gasteiger partial charge is 0.412 e. The second-order valence-corrected chi connectivity index (χ2v) is 9.20. The molecule has 0 saturated heterocycles. The predicted octanol–water partition coefficient (Wildman–Crippen LogP) is 2.65. The first kappa shape index (κ1) is 22.9. The molecule has 0 aliphatic carbocycles. The van der Waals surface area contributed by atoms with Gasteiger partial charge in [-0.3, -0.25) is 10.1 Å². The van der Waals surface area contributed by atoms with Crippen LogP contribution >= 0.6 is 0 Å². The molecule has 8 nitrogen and oxygen atoms in total. The first-order valence-electron chi connectivity index (χ1n) is 8.50. The molecule has 0 aliphatic rings. The van der Waals surface area contributed by atoms with Gasteiger partial charge in [-0.1, -0.05) is 26.0 Å². The molecule has 27 heavy (non-hydrogen) atoms. The molecule has 152 valence electrons. The Bertz CT molecular complexity index is 751. The summed E-state index contributed by atoms with van der Waals surface area (Å²) in [6, 6.07) is 5.36. The number of rotatable bonds is 7. The highest BCUT2D eigenvalue weighted by Gasteiger charge is 2.28. The highest BCUT2D eigenvalue weighted by atomic mass is 32.2. The van der Waals surface area contributed by atoms with E-state index in [-0.39, 0.29) is 11.7 Å². The number of sulfonamides is 1. The Balaban J connectivity index is 2.76. The maximum Gasteiger partial charge on any atom is 0.412 e. The zero-order valence-corrected chi connectivity index (χ0v) is 17.3. The molecule has 0 unspecified atom stereocenters. The van der Waals surface area contributed by atoms with Crippen LogP contribution in [0.4, 0.5) is 10.5 Å². The van der Waals surface area contributed by atoms with Crippen LogP contribution in [0.15, 0.2) is 24.3 Å². The summed E-state index contributed by atoms with van der Waals surface area (Å²) in [6.45, 7) is 8.72. The van der Waals surface area contributed by atoms with Crippen molar-refractivity contribution in [1.82, 2.24) is 4.72 Å². The minimum atomic E-state index is -3.76. The number of carbonyl (C=O) groups is 2. The SMILES string of the molecule is COC(=O)[C@H](NS(=O)(=O)Cc1ccc(NC(=O)OC(C)(C)C)cc1)C(C)C. The normalized spacial score (nSPS) is 13.1. The molecular weight excluding hydrogens is 372 g/mol. The number of hydrogen-bond donors (Lipinski definition) is 2. The Morgan fingerprint density at radius 2 is 1.67 bits per heavy atom. The second-order valence-electron chi connectivity index (χ2n) is 7.45. The number of benzene rings is 1. The Hall–Kier alpha value is -2.13. The summed E-state index contributed by atoms with van der Waals surface area (Å²) in [5, 5.41) is 2.57. The molecule has 1 atom stereocenters. The van der Waals surface area contributed by atoms with Gasteiger partial charge in [-0.05, 0) is 44.4 Å². The van der Waals surface area contributed by atoms with Crippen molar-refractivity contribution in [2.24, 2.45) is 5.92 Å². The number of esters is 1. The molecule has 1 aromatic rings. The molecule has 1 amide bonds. The van der Waals surface area contributed by atoms with Crippen LogP contribution in [0.5, 0.6) is 0 Å². The molecule has 1 aromatic carbocycles. The Morgan fingerprint density at radius 1 is 1.11 bits per heavy atom. The number of nitrogens with one attached hydrogen (secondary N) is 2. The van der Waals surface area contributed by atoms with E-state index in [1.165, 1.54) is 7.11 Å². The van der Waals surface area contributed by atoms with Crippen LogP contribution < -0.4 is 10.0 Å². The van der Waals surface area contributed by atoms with Crippen LogP contribution in [0.3, 0.4) is 0 Å². The van der Waals surface area contributed by atoms with Crippen LogP contribution in [-0.2, 0) is 30.0 Å². The van der Waals surface area contributed by atoms with Gasteiger partial charge < -0.3 is 9.47 Å². The molecule has 0 aliphatic heterocycles. The number of anilines is 1. The van der Waals surface area contributed by atoms with E-state index in [0.717, 1.165) is 0 Å². The minimum absolute atomic E-state index is 0.257. The molecule has 9 heteroatoms. The first-order valence-corrected chi connectivity index (χ1v) is 10.1. The summed E-state index contributed by atoms with van der Waals surface area (Å²) in [5.74, 6) is -1.20. The predicted molar refractivity (Wildman–Crippen MR) is 103 cm³/mol. The molecule has 0 heterocycles. The Labute approximate surface area is 160 Å². The van der Waals surface area contributed by atoms with E-state index in [1.807, 2.05) is 0 Å². The molecule has 2 N–H and O–H groups in total. The van der Waals surface area contributed by atoms with Gasteiger partial charge in [0.2, 0.25) is 10.0 Å². The van der Waals surface area contributed by atoms with Gasteiger partial charge in [0.15, 0.2) is 0 Å². The Kier molecular flexibility index (Phi) is 7.79. The zero-order chi connectivity index (χ0) is 20.8. The van der Waals surface area contributed by atoms with Crippen LogP contribution in [0, 0.1) is 5.92 Å². The van der Waals surface area contributed by atoms with Gasteiger partial charge in [-0.15, -0.1) is 0 Å². The maximum atomic E-state index is 12.3. The summed E-state index contributed by atoms with van der Waals surface area (Å²) in [6.07, 6.45) is -0.595. The third-order valence-electron chi connectivity index (χ3n) is 3.38. The van der Waals surface area contributed by atoms with Gasteiger partial charge in [-0.25, -0.2) is 17.9 Å². The first-order chi connectivity index (χ1) is 12.3. The highest BCUT2D eigenvalue weighted by molar-refractivity contribution is 7.88. The summed E-state index contributed by atoms with van der Waals surface area (Å²) in [4.78, 5) is 23.5. The molecule has 0 saturated carbocycles. The quantitative estimate of drug-likeness (QED) is 0.681. The van der Waals surface area contributed by atoms with Crippen molar-refractivity contribution in [1.29, 1.82) is 0 Å². The lowest BCUT2D eigenvalue weighted by Gasteiger charge is -2.20. The van der Waals surface area contributed by atoms with Gasteiger partial charge in [-0.2, -0.15) is 0 Å². The minimum Gasteiger partial charge on any atom is -0.468 e. The molecule has 0 spiro atoms. The fourth-order valence-corrected chi connectivity index (χ4v) is 3.61. The van der Waals surface area contributed by atoms with Crippen molar-refractivity contribution in [2.45, 2.75) is 52.0 Å². The Morgan fingerprint density at radius 3 is 2.11 bits per heavy atom. The summed E-state index contributed by atoms with van der Waals surface area (Å²) >= 11 is 0. The van der Waals surface area contributed by atoms with Crippen LogP contribution in [0.1, 0.15) is 40.2 Å². The molecule has 0 radical (unpaired) electrons. The zero-order valence-electron chi connectivity index (χ0n) is 16.5. The van der Waals surface area contributed by atoms with E-state index in [9.17, 15) is 18.0 Å². The second kappa shape index (κ2) is 9.18. The number of hydrogen-bond acceptors (Lipinski definition) is 6. The molecule has 1 rings (SSSR count). The molecule has 0 aromatic heterocycles. The van der Waals surface area contributed by atoms with E-state index < -0.39 is 33.7 Å². The van der Waals surface area contributed by atoms with Crippen molar-refractivity contribution < 1.29 is 27.5 Å². The number of amides is 1. The number of carbonyl (C=O) groups excluding carboxylic acids is 2. The number of methoxy groups -OCH3 is 1. The average Bonchev–Trinajstić information content (AvgIpc) is 2.51. The summed E-state index contributed by atoms with van der Waals surface area (Å²) < 4.78 is 36.9. The largest absolute Gasteiger partial charge is 0.468 e. The lowest BCUT2D eigenvalue weighted by Crippen LogP contribution is -2.45. The molecule has 0 bridgehead atoms. The third-order valence-corrected chi connectivity index (χ3v) is 4.71. The summed E-state index contributed by atoms with van der Waals surface area (Å²) in [7, 11) is -2.55. The molecule has 0 fully saturated rings. The lowest BCUT2D eigenvalue weighted by atomic mass is 10.1. The third kappa shape index (κ3) is 8.40. The maximum absolute atomic E-state index is 12.3. The van der Waals surface area contributed by atoms with E-state index in [0.29, 0.717) is 11.3 Å². The van der Waals surface area contributed by atoms with E-state index in [2.05, 4.69) is 14.8 Å². The average molecular weight is 400 g/mol. The standard InChI is InChI=1S/C18H28N2O6S/c1-12(2)15(16(21)25-6)20-27(23,24)11-13-7-9-14(10-8-13)19-17(22)26-18(3,4)5/h7-10,12,15,20H,11H2,1-6H3,(H,19,22)/t15-/m1/s1. The fourth-order valence-electron chi connectivity index (χ4n) is 2.14. The van der Waals surface area contributed by atoms with Gasteiger partial charge in [0.05, 0.1) is 12.9 Å². The van der Waals surface area contributed by atoms with Crippen LogP contribution in [0.25, 0.3) is 0 Å². The van der Waals surface area contributed by atoms with Gasteiger partial charge >= 0.3 is 12.1 Å². The van der Waals surface area contributed by atoms with Crippen molar-refractivity contribution in [3.63, 3.8) is 0 Å². The van der Waals surface area contributed by atoms with Crippen LogP contribution in [-0.4, -0.2) is 39.2 Å². The highest BCUT2D eigenvalue weighted by Crippen LogP contribution is 2.15. The number of ether oxygens (including phenoxy) is 2. The van der Waals surface area contributed by atoms with Crippen LogP contribution in [0.2, 0.25) is 0 Å². The van der Waals surface area contributed by atoms with Gasteiger partial charge in [0.1, 0.15) is 11.6 Å². The van der Waals surface area contributed by atoms with Crippen molar-refractivity contribution in [3.8, 4) is 0 Å². The molecular formula is C18H28N2O6S. The lowest BCUT2D eigenvalue weighted by molar-refractivity contribution is -0.143. The monoisotopic (exact) mass is 400 g/mol. The van der Waals surface area contributed by atoms with E-state index in [4.69, 9.17) is 4.74 Å². The van der Waals surface area contributed by atoms with E-state index >= 15 is 0 Å². The van der Waals surface area contributed by atoms with E-state index in [1.54, 1.807) is 58.9 Å². The topological polar surface area (TPSA) is 111 Å².